The molecule has 0 rings (SSSR count). The fourth-order valence-electron chi connectivity index (χ4n) is 3.58. The van der Waals surface area contributed by atoms with Crippen LogP contribution in [0.15, 0.2) is 0 Å². The second-order valence-electron chi connectivity index (χ2n) is 8.77. The second-order valence-corrected chi connectivity index (χ2v) is 8.77. The summed E-state index contributed by atoms with van der Waals surface area (Å²) in [5, 5.41) is 29.8. The number of unbranched alkanes of at least 4 members (excludes halogenated alkanes) is 2. The quantitative estimate of drug-likeness (QED) is 0.285. The first-order valence-corrected chi connectivity index (χ1v) is 11.1. The van der Waals surface area contributed by atoms with Crippen LogP contribution in [0, 0.1) is 11.8 Å². The standard InChI is InChI=1S/C22H47NO3/c1-5-6-10-17(2)11-9-12-18(3)15-20(24)13-7-8-14-21(25)16-22(26)19(4)23/h17-22,24-26H,5-16,23H2,1-4H3. The van der Waals surface area contributed by atoms with Crippen LogP contribution in [0.1, 0.15) is 105 Å². The Balaban J connectivity index is 3.67. The SMILES string of the molecule is CCCCC(C)CCCC(C)CC(O)CCCCC(O)CC(O)C(C)N. The van der Waals surface area contributed by atoms with E-state index in [0.717, 1.165) is 31.6 Å². The van der Waals surface area contributed by atoms with Crippen LogP contribution in [0.3, 0.4) is 0 Å². The minimum atomic E-state index is -0.638. The van der Waals surface area contributed by atoms with Gasteiger partial charge in [-0.1, -0.05) is 72.1 Å². The summed E-state index contributed by atoms with van der Waals surface area (Å²) in [6.07, 6.45) is 10.9. The van der Waals surface area contributed by atoms with Gasteiger partial charge in [0.05, 0.1) is 18.3 Å². The first-order chi connectivity index (χ1) is 12.3. The zero-order valence-electron chi connectivity index (χ0n) is 17.9. The molecule has 5 N–H and O–H groups in total. The number of aliphatic hydroxyl groups excluding tert-OH is 3. The zero-order valence-corrected chi connectivity index (χ0v) is 17.9. The minimum absolute atomic E-state index is 0.227. The lowest BCUT2D eigenvalue weighted by atomic mass is 9.91. The third kappa shape index (κ3) is 15.0. The number of rotatable bonds is 17. The molecule has 0 aromatic carbocycles. The van der Waals surface area contributed by atoms with Gasteiger partial charge in [-0.2, -0.15) is 0 Å². The monoisotopic (exact) mass is 373 g/mol. The van der Waals surface area contributed by atoms with Crippen LogP contribution in [0.4, 0.5) is 0 Å². The van der Waals surface area contributed by atoms with Crippen molar-refractivity contribution in [2.75, 3.05) is 0 Å². The van der Waals surface area contributed by atoms with Crippen molar-refractivity contribution < 1.29 is 15.3 Å². The Morgan fingerprint density at radius 1 is 0.654 bits per heavy atom. The summed E-state index contributed by atoms with van der Waals surface area (Å²) in [4.78, 5) is 0. The van der Waals surface area contributed by atoms with Gasteiger partial charge in [0.25, 0.3) is 0 Å². The van der Waals surface area contributed by atoms with Crippen molar-refractivity contribution >= 4 is 0 Å². The molecule has 0 saturated carbocycles. The molecule has 158 valence electrons. The highest BCUT2D eigenvalue weighted by Gasteiger charge is 2.16. The summed E-state index contributed by atoms with van der Waals surface area (Å²) >= 11 is 0. The van der Waals surface area contributed by atoms with E-state index in [1.807, 2.05) is 0 Å². The van der Waals surface area contributed by atoms with Crippen molar-refractivity contribution in [3.8, 4) is 0 Å². The first kappa shape index (κ1) is 25.8. The number of hydrogen-bond acceptors (Lipinski definition) is 4. The van der Waals surface area contributed by atoms with E-state index in [0.29, 0.717) is 18.8 Å². The van der Waals surface area contributed by atoms with Crippen molar-refractivity contribution in [2.45, 2.75) is 129 Å². The molecule has 0 bridgehead atoms. The molecule has 26 heavy (non-hydrogen) atoms. The molecular weight excluding hydrogens is 326 g/mol. The van der Waals surface area contributed by atoms with Crippen molar-refractivity contribution in [1.82, 2.24) is 0 Å². The Bertz CT molecular complexity index is 312. The van der Waals surface area contributed by atoms with Gasteiger partial charge in [0, 0.05) is 12.5 Å². The van der Waals surface area contributed by atoms with Gasteiger partial charge in [0.1, 0.15) is 0 Å². The molecule has 0 aliphatic carbocycles. The van der Waals surface area contributed by atoms with Crippen LogP contribution >= 0.6 is 0 Å². The van der Waals surface area contributed by atoms with E-state index in [1.54, 1.807) is 6.92 Å². The van der Waals surface area contributed by atoms with Gasteiger partial charge in [-0.05, 0) is 38.0 Å². The molecule has 4 heteroatoms. The third-order valence-electron chi connectivity index (χ3n) is 5.56. The van der Waals surface area contributed by atoms with E-state index in [4.69, 9.17) is 5.73 Å². The van der Waals surface area contributed by atoms with Crippen LogP contribution < -0.4 is 5.73 Å². The smallest absolute Gasteiger partial charge is 0.0712 e. The lowest BCUT2D eigenvalue weighted by Crippen LogP contribution is -2.34. The summed E-state index contributed by atoms with van der Waals surface area (Å²) in [5.74, 6) is 1.41. The van der Waals surface area contributed by atoms with Gasteiger partial charge in [-0.15, -0.1) is 0 Å². The predicted molar refractivity (Wildman–Crippen MR) is 111 cm³/mol. The van der Waals surface area contributed by atoms with Crippen LogP contribution in [0.2, 0.25) is 0 Å². The second kappa shape index (κ2) is 15.9. The Morgan fingerprint density at radius 3 is 1.69 bits per heavy atom. The van der Waals surface area contributed by atoms with Gasteiger partial charge in [-0.25, -0.2) is 0 Å². The third-order valence-corrected chi connectivity index (χ3v) is 5.56. The van der Waals surface area contributed by atoms with Crippen LogP contribution in [-0.4, -0.2) is 39.7 Å². The fourth-order valence-corrected chi connectivity index (χ4v) is 3.58. The molecule has 0 saturated heterocycles. The maximum atomic E-state index is 10.2. The average Bonchev–Trinajstić information content (AvgIpc) is 2.56. The average molecular weight is 374 g/mol. The summed E-state index contributed by atoms with van der Waals surface area (Å²) in [7, 11) is 0. The van der Waals surface area contributed by atoms with Crippen molar-refractivity contribution in [3.05, 3.63) is 0 Å². The fraction of sp³-hybridized carbons (Fsp3) is 1.00. The highest BCUT2D eigenvalue weighted by atomic mass is 16.3. The molecule has 0 aliphatic rings. The Morgan fingerprint density at radius 2 is 1.15 bits per heavy atom. The molecule has 0 aromatic rings. The van der Waals surface area contributed by atoms with Crippen molar-refractivity contribution in [3.63, 3.8) is 0 Å². The zero-order chi connectivity index (χ0) is 19.9. The van der Waals surface area contributed by atoms with Crippen molar-refractivity contribution in [2.24, 2.45) is 17.6 Å². The van der Waals surface area contributed by atoms with Gasteiger partial charge < -0.3 is 21.1 Å². The van der Waals surface area contributed by atoms with E-state index >= 15 is 0 Å². The molecule has 0 aromatic heterocycles. The molecule has 0 amide bonds. The number of hydrogen-bond donors (Lipinski definition) is 4. The van der Waals surface area contributed by atoms with Gasteiger partial charge in [0.2, 0.25) is 0 Å². The highest BCUT2D eigenvalue weighted by molar-refractivity contribution is 4.71. The molecule has 0 aliphatic heterocycles. The number of nitrogens with two attached hydrogens (primary N) is 1. The van der Waals surface area contributed by atoms with Gasteiger partial charge in [-0.3, -0.25) is 0 Å². The van der Waals surface area contributed by atoms with Crippen LogP contribution in [-0.2, 0) is 0 Å². The molecule has 6 unspecified atom stereocenters. The summed E-state index contributed by atoms with van der Waals surface area (Å²) < 4.78 is 0. The molecular formula is C22H47NO3. The Kier molecular flexibility index (Phi) is 15.8. The highest BCUT2D eigenvalue weighted by Crippen LogP contribution is 2.21. The van der Waals surface area contributed by atoms with E-state index < -0.39 is 12.2 Å². The normalized spacial score (nSPS) is 18.9. The minimum Gasteiger partial charge on any atom is -0.393 e. The van der Waals surface area contributed by atoms with Crippen LogP contribution in [0.5, 0.6) is 0 Å². The molecule has 4 nitrogen and oxygen atoms in total. The van der Waals surface area contributed by atoms with Crippen LogP contribution in [0.25, 0.3) is 0 Å². The maximum absolute atomic E-state index is 10.2. The molecule has 0 spiro atoms. The molecule has 0 fully saturated rings. The molecule has 6 atom stereocenters. The Hall–Kier alpha value is -0.160. The Labute approximate surface area is 162 Å². The number of aliphatic hydroxyl groups is 3. The predicted octanol–water partition coefficient (Wildman–Crippen LogP) is 4.39. The van der Waals surface area contributed by atoms with Crippen molar-refractivity contribution in [1.29, 1.82) is 0 Å². The lowest BCUT2D eigenvalue weighted by Gasteiger charge is -2.19. The van der Waals surface area contributed by atoms with Gasteiger partial charge in [0.15, 0.2) is 0 Å². The van der Waals surface area contributed by atoms with E-state index in [9.17, 15) is 15.3 Å². The van der Waals surface area contributed by atoms with Gasteiger partial charge >= 0.3 is 0 Å². The largest absolute Gasteiger partial charge is 0.393 e. The lowest BCUT2D eigenvalue weighted by molar-refractivity contribution is 0.0616. The van der Waals surface area contributed by atoms with E-state index in [-0.39, 0.29) is 12.1 Å². The molecule has 0 radical (unpaired) electrons. The van der Waals surface area contributed by atoms with E-state index in [2.05, 4.69) is 20.8 Å². The first-order valence-electron chi connectivity index (χ1n) is 11.1. The topological polar surface area (TPSA) is 86.7 Å². The maximum Gasteiger partial charge on any atom is 0.0712 e. The summed E-state index contributed by atoms with van der Waals surface area (Å²) in [5.41, 5.74) is 5.60. The molecule has 0 heterocycles. The summed E-state index contributed by atoms with van der Waals surface area (Å²) in [6.45, 7) is 8.61. The summed E-state index contributed by atoms with van der Waals surface area (Å²) in [6, 6.07) is -0.303. The van der Waals surface area contributed by atoms with E-state index in [1.165, 1.54) is 38.5 Å².